The summed E-state index contributed by atoms with van der Waals surface area (Å²) in [5, 5.41) is 11.0. The van der Waals surface area contributed by atoms with Crippen molar-refractivity contribution in [2.45, 2.75) is 26.4 Å². The molecule has 1 unspecified atom stereocenters. The number of aryl methyl sites for hydroxylation is 2. The van der Waals surface area contributed by atoms with Crippen LogP contribution >= 0.6 is 27.5 Å². The minimum Gasteiger partial charge on any atom is -0.388 e. The largest absolute Gasteiger partial charge is 0.388 e. The molecule has 2 aromatic rings. The number of aliphatic hydroxyl groups excluding tert-OH is 1. The molecule has 0 heterocycles. The Kier molecular flexibility index (Phi) is 4.67. The van der Waals surface area contributed by atoms with Crippen molar-refractivity contribution in [2.24, 2.45) is 0 Å². The van der Waals surface area contributed by atoms with E-state index in [-0.39, 0.29) is 0 Å². The molecular weight excluding hydrogens is 324 g/mol. The van der Waals surface area contributed by atoms with E-state index in [0.717, 1.165) is 26.7 Å². The predicted octanol–water partition coefficient (Wildman–Crippen LogP) is 5.00. The average Bonchev–Trinajstić information content (AvgIpc) is 2.33. The second kappa shape index (κ2) is 6.08. The van der Waals surface area contributed by atoms with Crippen LogP contribution in [0.3, 0.4) is 0 Å². The van der Waals surface area contributed by atoms with Gasteiger partial charge in [0, 0.05) is 15.9 Å². The van der Waals surface area contributed by atoms with Gasteiger partial charge < -0.3 is 5.11 Å². The van der Waals surface area contributed by atoms with Gasteiger partial charge in [-0.2, -0.15) is 0 Å². The van der Waals surface area contributed by atoms with Crippen LogP contribution in [-0.4, -0.2) is 5.11 Å². The molecule has 2 rings (SSSR count). The third-order valence-corrected chi connectivity index (χ3v) is 4.11. The van der Waals surface area contributed by atoms with Crippen LogP contribution in [0.1, 0.15) is 28.4 Å². The molecule has 0 aromatic heterocycles. The van der Waals surface area contributed by atoms with Gasteiger partial charge in [0.25, 0.3) is 0 Å². The summed E-state index contributed by atoms with van der Waals surface area (Å²) in [6.45, 7) is 4.05. The molecule has 0 saturated heterocycles. The number of halogens is 2. The molecule has 100 valence electrons. The molecule has 1 nitrogen and oxygen atoms in total. The lowest BCUT2D eigenvalue weighted by atomic mass is 9.98. The summed E-state index contributed by atoms with van der Waals surface area (Å²) < 4.78 is 1.02. The smallest absolute Gasteiger partial charge is 0.0844 e. The number of rotatable bonds is 3. The Labute approximate surface area is 127 Å². The summed E-state index contributed by atoms with van der Waals surface area (Å²) in [5.41, 5.74) is 4.16. The van der Waals surface area contributed by atoms with E-state index < -0.39 is 6.10 Å². The molecule has 1 atom stereocenters. The standard InChI is InChI=1S/C16H16BrClO/c1-10-6-14(15(18)7-11(10)2)16(19)9-12-4-3-5-13(17)8-12/h3-8,16,19H,9H2,1-2H3. The lowest BCUT2D eigenvalue weighted by Gasteiger charge is -2.15. The van der Waals surface area contributed by atoms with Crippen LogP contribution in [0.2, 0.25) is 5.02 Å². The summed E-state index contributed by atoms with van der Waals surface area (Å²) in [6, 6.07) is 11.8. The maximum atomic E-state index is 10.4. The van der Waals surface area contributed by atoms with E-state index in [1.807, 2.05) is 50.2 Å². The van der Waals surface area contributed by atoms with Crippen molar-refractivity contribution in [3.63, 3.8) is 0 Å². The number of hydrogen-bond acceptors (Lipinski definition) is 1. The Bertz CT molecular complexity index is 595. The van der Waals surface area contributed by atoms with Crippen LogP contribution in [0, 0.1) is 13.8 Å². The SMILES string of the molecule is Cc1cc(Cl)c(C(O)Cc2cccc(Br)c2)cc1C. The maximum absolute atomic E-state index is 10.4. The molecule has 0 aliphatic heterocycles. The van der Waals surface area contributed by atoms with Gasteiger partial charge in [-0.05, 0) is 54.3 Å². The van der Waals surface area contributed by atoms with Crippen molar-refractivity contribution < 1.29 is 5.11 Å². The second-order valence-corrected chi connectivity index (χ2v) is 6.13. The predicted molar refractivity (Wildman–Crippen MR) is 83.7 cm³/mol. The molecule has 0 saturated carbocycles. The Morgan fingerprint density at radius 1 is 1.16 bits per heavy atom. The van der Waals surface area contributed by atoms with Gasteiger partial charge >= 0.3 is 0 Å². The molecule has 1 N–H and O–H groups in total. The van der Waals surface area contributed by atoms with E-state index in [1.54, 1.807) is 0 Å². The molecule has 0 aliphatic carbocycles. The van der Waals surface area contributed by atoms with Crippen molar-refractivity contribution in [1.82, 2.24) is 0 Å². The summed E-state index contributed by atoms with van der Waals surface area (Å²) in [6.07, 6.45) is -0.0251. The minimum atomic E-state index is -0.582. The third-order valence-electron chi connectivity index (χ3n) is 3.29. The Morgan fingerprint density at radius 3 is 2.53 bits per heavy atom. The second-order valence-electron chi connectivity index (χ2n) is 4.81. The summed E-state index contributed by atoms with van der Waals surface area (Å²) in [5.74, 6) is 0. The fourth-order valence-corrected chi connectivity index (χ4v) is 2.85. The number of benzene rings is 2. The Balaban J connectivity index is 2.25. The molecule has 0 bridgehead atoms. The molecular formula is C16H16BrClO. The van der Waals surface area contributed by atoms with Crippen LogP contribution in [-0.2, 0) is 6.42 Å². The molecule has 0 radical (unpaired) electrons. The lowest BCUT2D eigenvalue weighted by molar-refractivity contribution is 0.178. The van der Waals surface area contributed by atoms with Crippen LogP contribution < -0.4 is 0 Å². The first-order valence-corrected chi connectivity index (χ1v) is 7.33. The molecule has 2 aromatic carbocycles. The van der Waals surface area contributed by atoms with Crippen LogP contribution in [0.25, 0.3) is 0 Å². The van der Waals surface area contributed by atoms with Crippen LogP contribution in [0.15, 0.2) is 40.9 Å². The number of hydrogen-bond donors (Lipinski definition) is 1. The number of aliphatic hydroxyl groups is 1. The highest BCUT2D eigenvalue weighted by Gasteiger charge is 2.14. The molecule has 0 fully saturated rings. The Morgan fingerprint density at radius 2 is 1.84 bits per heavy atom. The van der Waals surface area contributed by atoms with E-state index in [2.05, 4.69) is 15.9 Å². The molecule has 19 heavy (non-hydrogen) atoms. The fourth-order valence-electron chi connectivity index (χ4n) is 2.06. The molecule has 0 amide bonds. The van der Waals surface area contributed by atoms with Crippen molar-refractivity contribution in [1.29, 1.82) is 0 Å². The van der Waals surface area contributed by atoms with Gasteiger partial charge in [0.1, 0.15) is 0 Å². The maximum Gasteiger partial charge on any atom is 0.0844 e. The zero-order valence-corrected chi connectivity index (χ0v) is 13.3. The van der Waals surface area contributed by atoms with E-state index in [0.29, 0.717) is 11.4 Å². The van der Waals surface area contributed by atoms with E-state index >= 15 is 0 Å². The fraction of sp³-hybridized carbons (Fsp3) is 0.250. The van der Waals surface area contributed by atoms with Crippen molar-refractivity contribution in [3.8, 4) is 0 Å². The Hall–Kier alpha value is -0.830. The van der Waals surface area contributed by atoms with Crippen LogP contribution in [0.4, 0.5) is 0 Å². The molecule has 0 spiro atoms. The highest BCUT2D eigenvalue weighted by Crippen LogP contribution is 2.29. The quantitative estimate of drug-likeness (QED) is 0.834. The molecule has 0 aliphatic rings. The zero-order chi connectivity index (χ0) is 14.0. The van der Waals surface area contributed by atoms with E-state index in [9.17, 15) is 5.11 Å². The summed E-state index contributed by atoms with van der Waals surface area (Å²) >= 11 is 9.66. The normalized spacial score (nSPS) is 12.5. The lowest BCUT2D eigenvalue weighted by Crippen LogP contribution is -2.03. The van der Waals surface area contributed by atoms with Gasteiger partial charge in [0.15, 0.2) is 0 Å². The first kappa shape index (κ1) is 14.6. The van der Waals surface area contributed by atoms with Crippen molar-refractivity contribution in [2.75, 3.05) is 0 Å². The van der Waals surface area contributed by atoms with Crippen molar-refractivity contribution >= 4 is 27.5 Å². The third kappa shape index (κ3) is 3.59. The highest BCUT2D eigenvalue weighted by molar-refractivity contribution is 9.10. The zero-order valence-electron chi connectivity index (χ0n) is 11.0. The van der Waals surface area contributed by atoms with Crippen molar-refractivity contribution in [3.05, 3.63) is 68.1 Å². The monoisotopic (exact) mass is 338 g/mol. The van der Waals surface area contributed by atoms with Gasteiger partial charge in [-0.3, -0.25) is 0 Å². The minimum absolute atomic E-state index is 0.557. The van der Waals surface area contributed by atoms with E-state index in [4.69, 9.17) is 11.6 Å². The summed E-state index contributed by atoms with van der Waals surface area (Å²) in [4.78, 5) is 0. The average molecular weight is 340 g/mol. The summed E-state index contributed by atoms with van der Waals surface area (Å²) in [7, 11) is 0. The van der Waals surface area contributed by atoms with E-state index in [1.165, 1.54) is 0 Å². The van der Waals surface area contributed by atoms with Crippen LogP contribution in [0.5, 0.6) is 0 Å². The first-order chi connectivity index (χ1) is 8.97. The molecule has 3 heteroatoms. The topological polar surface area (TPSA) is 20.2 Å². The van der Waals surface area contributed by atoms with Gasteiger partial charge in [0.2, 0.25) is 0 Å². The van der Waals surface area contributed by atoms with Gasteiger partial charge in [-0.25, -0.2) is 0 Å². The first-order valence-electron chi connectivity index (χ1n) is 6.16. The van der Waals surface area contributed by atoms with Gasteiger partial charge in [0.05, 0.1) is 6.10 Å². The highest BCUT2D eigenvalue weighted by atomic mass is 79.9. The van der Waals surface area contributed by atoms with Gasteiger partial charge in [-0.15, -0.1) is 0 Å². The van der Waals surface area contributed by atoms with Gasteiger partial charge in [-0.1, -0.05) is 45.7 Å².